The topological polar surface area (TPSA) is 82.1 Å². The molecule has 0 bridgehead atoms. The molecule has 0 unspecified atom stereocenters. The van der Waals surface area contributed by atoms with Crippen molar-refractivity contribution < 1.29 is 14.7 Å². The summed E-state index contributed by atoms with van der Waals surface area (Å²) >= 11 is 7.08. The summed E-state index contributed by atoms with van der Waals surface area (Å²) in [7, 11) is 0. The van der Waals surface area contributed by atoms with Crippen LogP contribution in [0.25, 0.3) is 10.2 Å². The van der Waals surface area contributed by atoms with Gasteiger partial charge < -0.3 is 9.90 Å². The summed E-state index contributed by atoms with van der Waals surface area (Å²) in [4.78, 5) is 25.6. The van der Waals surface area contributed by atoms with Gasteiger partial charge in [0.15, 0.2) is 5.13 Å². The molecule has 1 heterocycles. The second kappa shape index (κ2) is 5.16. The number of thiazole rings is 1. The van der Waals surface area contributed by atoms with Crippen molar-refractivity contribution in [2.45, 2.75) is 0 Å². The SMILES string of the molecule is O=C([O-])/C=C/C(=O)Nc1nc2cc(Cl)ccc2s1. The van der Waals surface area contributed by atoms with Crippen LogP contribution in [0.5, 0.6) is 0 Å². The fourth-order valence-corrected chi connectivity index (χ4v) is 2.26. The van der Waals surface area contributed by atoms with E-state index in [1.54, 1.807) is 18.2 Å². The Bertz CT molecular complexity index is 651. The van der Waals surface area contributed by atoms with Crippen molar-refractivity contribution in [3.63, 3.8) is 0 Å². The highest BCUT2D eigenvalue weighted by molar-refractivity contribution is 7.22. The van der Waals surface area contributed by atoms with E-state index in [1.165, 1.54) is 11.3 Å². The molecular formula is C11H6ClN2O3S-. The number of amides is 1. The molecule has 0 spiro atoms. The van der Waals surface area contributed by atoms with Gasteiger partial charge in [0.2, 0.25) is 5.91 Å². The van der Waals surface area contributed by atoms with Gasteiger partial charge in [-0.05, 0) is 24.3 Å². The number of hydrogen-bond donors (Lipinski definition) is 1. The van der Waals surface area contributed by atoms with Crippen LogP contribution in [0.1, 0.15) is 0 Å². The Hall–Kier alpha value is -1.92. The monoisotopic (exact) mass is 281 g/mol. The minimum absolute atomic E-state index is 0.375. The van der Waals surface area contributed by atoms with Crippen LogP contribution < -0.4 is 10.4 Å². The molecule has 2 rings (SSSR count). The first-order valence-corrected chi connectivity index (χ1v) is 6.00. The van der Waals surface area contributed by atoms with E-state index in [9.17, 15) is 14.7 Å². The molecule has 0 saturated heterocycles. The number of carbonyl (C=O) groups is 2. The predicted molar refractivity (Wildman–Crippen MR) is 67.4 cm³/mol. The maximum absolute atomic E-state index is 11.3. The number of carbonyl (C=O) groups excluding carboxylic acids is 2. The summed E-state index contributed by atoms with van der Waals surface area (Å²) in [5, 5.41) is 13.5. The molecule has 92 valence electrons. The van der Waals surface area contributed by atoms with Gasteiger partial charge in [0.1, 0.15) is 0 Å². The molecular weight excluding hydrogens is 276 g/mol. The maximum Gasteiger partial charge on any atom is 0.250 e. The van der Waals surface area contributed by atoms with Crippen molar-refractivity contribution in [2.75, 3.05) is 5.32 Å². The molecule has 0 fully saturated rings. The lowest BCUT2D eigenvalue weighted by atomic mass is 10.3. The number of rotatable bonds is 3. The molecule has 2 aromatic rings. The van der Waals surface area contributed by atoms with E-state index in [4.69, 9.17) is 11.6 Å². The summed E-state index contributed by atoms with van der Waals surface area (Å²) in [6, 6.07) is 5.20. The van der Waals surface area contributed by atoms with Crippen LogP contribution in [0, 0.1) is 0 Å². The van der Waals surface area contributed by atoms with Gasteiger partial charge >= 0.3 is 0 Å². The number of fused-ring (bicyclic) bond motifs is 1. The number of aromatic nitrogens is 1. The molecule has 0 radical (unpaired) electrons. The minimum Gasteiger partial charge on any atom is -0.545 e. The molecule has 5 nitrogen and oxygen atoms in total. The van der Waals surface area contributed by atoms with Crippen LogP contribution in [0.4, 0.5) is 5.13 Å². The molecule has 18 heavy (non-hydrogen) atoms. The van der Waals surface area contributed by atoms with Crippen LogP contribution in [0.15, 0.2) is 30.4 Å². The van der Waals surface area contributed by atoms with E-state index in [0.29, 0.717) is 21.7 Å². The van der Waals surface area contributed by atoms with Crippen LogP contribution in [-0.4, -0.2) is 16.9 Å². The van der Waals surface area contributed by atoms with E-state index >= 15 is 0 Å². The molecule has 7 heteroatoms. The van der Waals surface area contributed by atoms with E-state index in [1.807, 2.05) is 0 Å². The Morgan fingerprint density at radius 3 is 2.89 bits per heavy atom. The number of anilines is 1. The van der Waals surface area contributed by atoms with Crippen LogP contribution >= 0.6 is 22.9 Å². The summed E-state index contributed by atoms with van der Waals surface area (Å²) in [5.41, 5.74) is 0.673. The third-order valence-corrected chi connectivity index (χ3v) is 3.14. The molecule has 0 aliphatic rings. The largest absolute Gasteiger partial charge is 0.545 e. The van der Waals surface area contributed by atoms with Crippen molar-refractivity contribution >= 4 is 50.2 Å². The zero-order valence-electron chi connectivity index (χ0n) is 8.84. The van der Waals surface area contributed by atoms with Crippen molar-refractivity contribution in [3.8, 4) is 0 Å². The lowest BCUT2D eigenvalue weighted by Crippen LogP contribution is -2.20. The first kappa shape index (κ1) is 12.5. The highest BCUT2D eigenvalue weighted by atomic mass is 35.5. The van der Waals surface area contributed by atoms with E-state index < -0.39 is 11.9 Å². The third kappa shape index (κ3) is 3.06. The van der Waals surface area contributed by atoms with E-state index in [0.717, 1.165) is 10.8 Å². The number of hydrogen-bond acceptors (Lipinski definition) is 5. The number of carboxylic acids is 1. The Kier molecular flexibility index (Phi) is 3.59. The Morgan fingerprint density at radius 1 is 1.39 bits per heavy atom. The number of nitrogens with one attached hydrogen (secondary N) is 1. The fourth-order valence-electron chi connectivity index (χ4n) is 1.24. The van der Waals surface area contributed by atoms with Gasteiger partial charge in [-0.1, -0.05) is 22.9 Å². The van der Waals surface area contributed by atoms with Crippen LogP contribution in [0.2, 0.25) is 5.02 Å². The molecule has 0 aliphatic heterocycles. The van der Waals surface area contributed by atoms with E-state index in [2.05, 4.69) is 10.3 Å². The highest BCUT2D eigenvalue weighted by Gasteiger charge is 2.06. The highest BCUT2D eigenvalue weighted by Crippen LogP contribution is 2.27. The first-order valence-electron chi connectivity index (χ1n) is 4.81. The summed E-state index contributed by atoms with van der Waals surface area (Å²) in [6.07, 6.45) is 1.52. The molecule has 1 N–H and O–H groups in total. The molecule has 1 aromatic carbocycles. The van der Waals surface area contributed by atoms with Crippen molar-refractivity contribution in [1.82, 2.24) is 4.98 Å². The molecule has 1 aromatic heterocycles. The van der Waals surface area contributed by atoms with Gasteiger partial charge in [0.05, 0.1) is 16.2 Å². The quantitative estimate of drug-likeness (QED) is 0.857. The summed E-state index contributed by atoms with van der Waals surface area (Å²) in [6.45, 7) is 0. The number of halogens is 1. The average molecular weight is 282 g/mol. The molecule has 0 aliphatic carbocycles. The van der Waals surface area contributed by atoms with Crippen LogP contribution in [-0.2, 0) is 9.59 Å². The molecule has 0 saturated carbocycles. The van der Waals surface area contributed by atoms with Gasteiger partial charge in [0, 0.05) is 11.1 Å². The third-order valence-electron chi connectivity index (χ3n) is 1.95. The van der Waals surface area contributed by atoms with Crippen molar-refractivity contribution in [3.05, 3.63) is 35.4 Å². The normalized spacial score (nSPS) is 10.9. The van der Waals surface area contributed by atoms with E-state index in [-0.39, 0.29) is 0 Å². The molecule has 1 amide bonds. The number of benzene rings is 1. The van der Waals surface area contributed by atoms with Crippen molar-refractivity contribution in [2.24, 2.45) is 0 Å². The van der Waals surface area contributed by atoms with Gasteiger partial charge in [0.25, 0.3) is 0 Å². The number of aliphatic carboxylic acids is 1. The lowest BCUT2D eigenvalue weighted by molar-refractivity contribution is -0.297. The average Bonchev–Trinajstić information content (AvgIpc) is 2.67. The maximum atomic E-state index is 11.3. The second-order valence-corrected chi connectivity index (χ2v) is 4.74. The Labute approximate surface area is 111 Å². The lowest BCUT2D eigenvalue weighted by Gasteiger charge is -1.95. The Balaban J connectivity index is 2.17. The summed E-state index contributed by atoms with van der Waals surface area (Å²) < 4.78 is 0.874. The Morgan fingerprint density at radius 2 is 2.17 bits per heavy atom. The van der Waals surface area contributed by atoms with Crippen molar-refractivity contribution in [1.29, 1.82) is 0 Å². The second-order valence-electron chi connectivity index (χ2n) is 3.27. The fraction of sp³-hybridized carbons (Fsp3) is 0. The standard InChI is InChI=1S/C11H7ClN2O3S/c12-6-1-2-8-7(5-6)13-11(18-8)14-9(15)3-4-10(16)17/h1-5H,(H,16,17)(H,13,14,15)/p-1/b4-3+. The van der Waals surface area contributed by atoms with Crippen LogP contribution in [0.3, 0.4) is 0 Å². The minimum atomic E-state index is -1.43. The first-order chi connectivity index (χ1) is 8.54. The zero-order valence-corrected chi connectivity index (χ0v) is 10.4. The van der Waals surface area contributed by atoms with Gasteiger partial charge in [-0.25, -0.2) is 4.98 Å². The van der Waals surface area contributed by atoms with Gasteiger partial charge in [-0.2, -0.15) is 0 Å². The predicted octanol–water partition coefficient (Wildman–Crippen LogP) is 1.19. The zero-order chi connectivity index (χ0) is 13.1. The number of carboxylic acid groups (broad SMARTS) is 1. The van der Waals surface area contributed by atoms with Gasteiger partial charge in [-0.3, -0.25) is 10.1 Å². The summed E-state index contributed by atoms with van der Waals surface area (Å²) in [5.74, 6) is -2.01. The molecule has 0 atom stereocenters. The van der Waals surface area contributed by atoms with Gasteiger partial charge in [-0.15, -0.1) is 0 Å². The smallest absolute Gasteiger partial charge is 0.250 e. The number of nitrogens with zero attached hydrogens (tertiary/aromatic N) is 1.